The van der Waals surface area contributed by atoms with Crippen LogP contribution in [0.2, 0.25) is 0 Å². The number of hydrogen-bond donors (Lipinski definition) is 0. The van der Waals surface area contributed by atoms with E-state index >= 15 is 0 Å². The molecule has 27 heavy (non-hydrogen) atoms. The van der Waals surface area contributed by atoms with Crippen LogP contribution in [0.3, 0.4) is 0 Å². The maximum Gasteiger partial charge on any atom is 0.178 e. The van der Waals surface area contributed by atoms with Gasteiger partial charge in [0.15, 0.2) is 17.3 Å². The normalized spacial score (nSPS) is 17.7. The third-order valence-electron chi connectivity index (χ3n) is 5.43. The third-order valence-corrected chi connectivity index (χ3v) is 5.43. The zero-order valence-electron chi connectivity index (χ0n) is 14.9. The van der Waals surface area contributed by atoms with Crippen molar-refractivity contribution >= 4 is 17.3 Å². The molecule has 0 aliphatic carbocycles. The van der Waals surface area contributed by atoms with Crippen molar-refractivity contribution < 1.29 is 0 Å². The summed E-state index contributed by atoms with van der Waals surface area (Å²) in [6, 6.07) is 7.92. The van der Waals surface area contributed by atoms with Crippen LogP contribution in [0.1, 0.15) is 36.6 Å². The van der Waals surface area contributed by atoms with E-state index < -0.39 is 0 Å². The van der Waals surface area contributed by atoms with Gasteiger partial charge in [0.25, 0.3) is 0 Å². The van der Waals surface area contributed by atoms with Crippen LogP contribution < -0.4 is 9.80 Å². The molecule has 0 saturated carbocycles. The molecule has 136 valence electrons. The van der Waals surface area contributed by atoms with Gasteiger partial charge >= 0.3 is 0 Å². The Hall–Kier alpha value is -3.28. The predicted octanol–water partition coefficient (Wildman–Crippen LogP) is 1.38. The van der Waals surface area contributed by atoms with E-state index in [-0.39, 0.29) is 5.92 Å². The summed E-state index contributed by atoms with van der Waals surface area (Å²) in [7, 11) is 0. The molecule has 0 aromatic carbocycles. The summed E-state index contributed by atoms with van der Waals surface area (Å²) in [6.07, 6.45) is 4.61. The molecule has 0 unspecified atom stereocenters. The minimum atomic E-state index is 0.289. The highest BCUT2D eigenvalue weighted by atomic mass is 15.4. The Balaban J connectivity index is 1.37. The Labute approximate surface area is 156 Å². The molecule has 3 aromatic heterocycles. The summed E-state index contributed by atoms with van der Waals surface area (Å²) in [5.74, 6) is 2.87. The van der Waals surface area contributed by atoms with Gasteiger partial charge in [-0.1, -0.05) is 0 Å². The summed E-state index contributed by atoms with van der Waals surface area (Å²) in [5.41, 5.74) is 1.36. The zero-order chi connectivity index (χ0) is 18.2. The van der Waals surface area contributed by atoms with Crippen LogP contribution in [-0.4, -0.2) is 56.2 Å². The van der Waals surface area contributed by atoms with Gasteiger partial charge in [0.2, 0.25) is 0 Å². The second kappa shape index (κ2) is 6.46. The van der Waals surface area contributed by atoms with Gasteiger partial charge in [0.1, 0.15) is 11.9 Å². The number of nitrogens with zero attached hydrogens (tertiary/aromatic N) is 9. The predicted molar refractivity (Wildman–Crippen MR) is 98.5 cm³/mol. The van der Waals surface area contributed by atoms with E-state index in [1.165, 1.54) is 6.42 Å². The fourth-order valence-electron chi connectivity index (χ4n) is 3.76. The van der Waals surface area contributed by atoms with Crippen molar-refractivity contribution in [2.24, 2.45) is 0 Å². The van der Waals surface area contributed by atoms with Crippen LogP contribution in [0.25, 0.3) is 5.65 Å². The topological polar surface area (TPSA) is 99.1 Å². The van der Waals surface area contributed by atoms with E-state index in [1.54, 1.807) is 12.3 Å². The Kier molecular flexibility index (Phi) is 3.81. The van der Waals surface area contributed by atoms with E-state index in [1.807, 2.05) is 16.6 Å². The molecule has 2 fully saturated rings. The lowest BCUT2D eigenvalue weighted by Gasteiger charge is -2.32. The van der Waals surface area contributed by atoms with Crippen molar-refractivity contribution in [3.63, 3.8) is 0 Å². The first-order valence-electron chi connectivity index (χ1n) is 9.27. The number of piperidine rings is 1. The molecule has 2 aliphatic heterocycles. The lowest BCUT2D eigenvalue weighted by molar-refractivity contribution is 0.473. The van der Waals surface area contributed by atoms with Gasteiger partial charge < -0.3 is 9.80 Å². The molecule has 5 rings (SSSR count). The zero-order valence-corrected chi connectivity index (χ0v) is 14.9. The first-order chi connectivity index (χ1) is 13.3. The fraction of sp³-hybridized carbons (Fsp3) is 0.444. The number of anilines is 2. The molecule has 5 heterocycles. The second-order valence-electron chi connectivity index (χ2n) is 7.00. The average molecular weight is 361 g/mol. The van der Waals surface area contributed by atoms with Crippen molar-refractivity contribution in [1.29, 1.82) is 5.26 Å². The van der Waals surface area contributed by atoms with Gasteiger partial charge in [-0.25, -0.2) is 0 Å². The molecule has 0 bridgehead atoms. The molecular formula is C18H19N9. The molecule has 0 amide bonds. The van der Waals surface area contributed by atoms with Crippen molar-refractivity contribution in [2.75, 3.05) is 36.0 Å². The van der Waals surface area contributed by atoms with Gasteiger partial charge in [-0.3, -0.25) is 0 Å². The van der Waals surface area contributed by atoms with Crippen LogP contribution in [0, 0.1) is 11.3 Å². The summed E-state index contributed by atoms with van der Waals surface area (Å²) in [4.78, 5) is 4.40. The number of fused-ring (bicyclic) bond motifs is 1. The smallest absolute Gasteiger partial charge is 0.178 e. The second-order valence-corrected chi connectivity index (χ2v) is 7.00. The van der Waals surface area contributed by atoms with Crippen LogP contribution in [0.5, 0.6) is 0 Å². The molecule has 0 N–H and O–H groups in total. The highest BCUT2D eigenvalue weighted by Gasteiger charge is 2.27. The minimum Gasteiger partial charge on any atom is -0.355 e. The Bertz CT molecular complexity index is 1010. The molecule has 0 atom stereocenters. The fourth-order valence-corrected chi connectivity index (χ4v) is 3.76. The molecule has 3 aromatic rings. The Morgan fingerprint density at radius 3 is 2.56 bits per heavy atom. The van der Waals surface area contributed by atoms with Crippen molar-refractivity contribution in [3.8, 4) is 6.07 Å². The van der Waals surface area contributed by atoms with Crippen LogP contribution in [-0.2, 0) is 0 Å². The first kappa shape index (κ1) is 15.9. The van der Waals surface area contributed by atoms with E-state index in [2.05, 4.69) is 36.3 Å². The number of rotatable bonds is 3. The highest BCUT2D eigenvalue weighted by molar-refractivity contribution is 5.53. The first-order valence-corrected chi connectivity index (χ1v) is 9.27. The maximum atomic E-state index is 9.29. The maximum absolute atomic E-state index is 9.29. The third kappa shape index (κ3) is 2.73. The van der Waals surface area contributed by atoms with Crippen molar-refractivity contribution in [3.05, 3.63) is 35.8 Å². The van der Waals surface area contributed by atoms with Gasteiger partial charge in [-0.05, 0) is 37.5 Å². The lowest BCUT2D eigenvalue weighted by Crippen LogP contribution is -2.38. The van der Waals surface area contributed by atoms with Crippen LogP contribution in [0.4, 0.5) is 11.6 Å². The number of hydrogen-bond acceptors (Lipinski definition) is 8. The van der Waals surface area contributed by atoms with Gasteiger partial charge in [-0.15, -0.1) is 20.4 Å². The highest BCUT2D eigenvalue weighted by Crippen LogP contribution is 2.30. The minimum absolute atomic E-state index is 0.289. The molecule has 9 heteroatoms. The van der Waals surface area contributed by atoms with E-state index in [9.17, 15) is 5.26 Å². The Morgan fingerprint density at radius 2 is 1.81 bits per heavy atom. The van der Waals surface area contributed by atoms with Gasteiger partial charge in [0.05, 0.1) is 11.8 Å². The van der Waals surface area contributed by atoms with E-state index in [4.69, 9.17) is 5.10 Å². The average Bonchev–Trinajstić information content (AvgIpc) is 3.10. The van der Waals surface area contributed by atoms with Gasteiger partial charge in [0, 0.05) is 32.1 Å². The molecule has 2 saturated heterocycles. The summed E-state index contributed by atoms with van der Waals surface area (Å²) < 4.78 is 1.90. The summed E-state index contributed by atoms with van der Waals surface area (Å²) >= 11 is 0. The Morgan fingerprint density at radius 1 is 0.963 bits per heavy atom. The molecule has 9 nitrogen and oxygen atoms in total. The van der Waals surface area contributed by atoms with Crippen LogP contribution >= 0.6 is 0 Å². The largest absolute Gasteiger partial charge is 0.355 e. The molecule has 2 aliphatic rings. The SMILES string of the molecule is N#Cc1ccnnc1N1CCC(c2nnc3ccc(N4CCC4)nn23)CC1. The monoisotopic (exact) mass is 361 g/mol. The van der Waals surface area contributed by atoms with Crippen molar-refractivity contribution in [2.45, 2.75) is 25.2 Å². The van der Waals surface area contributed by atoms with Gasteiger partial charge in [-0.2, -0.15) is 14.9 Å². The number of nitriles is 1. The van der Waals surface area contributed by atoms with E-state index in [0.29, 0.717) is 11.4 Å². The molecule has 0 spiro atoms. The molecular weight excluding hydrogens is 342 g/mol. The summed E-state index contributed by atoms with van der Waals surface area (Å²) in [5, 5.41) is 30.9. The number of aromatic nitrogens is 6. The van der Waals surface area contributed by atoms with Crippen molar-refractivity contribution in [1.82, 2.24) is 30.0 Å². The van der Waals surface area contributed by atoms with E-state index in [0.717, 1.165) is 56.3 Å². The standard InChI is InChI=1S/C18H19N9/c19-12-14-4-7-20-22-17(14)26-10-5-13(6-11-26)18-23-21-15-2-3-16(24-27(15)18)25-8-1-9-25/h2-4,7,13H,1,5-6,8-11H2. The molecule has 0 radical (unpaired) electrons. The summed E-state index contributed by atoms with van der Waals surface area (Å²) in [6.45, 7) is 3.74. The van der Waals surface area contributed by atoms with Crippen LogP contribution in [0.15, 0.2) is 24.4 Å². The quantitative estimate of drug-likeness (QED) is 0.690. The lowest BCUT2D eigenvalue weighted by atomic mass is 9.96.